The van der Waals surface area contributed by atoms with E-state index in [0.29, 0.717) is 6.54 Å². The lowest BCUT2D eigenvalue weighted by atomic mass is 9.53. The van der Waals surface area contributed by atoms with Crippen LogP contribution in [0.3, 0.4) is 0 Å². The van der Waals surface area contributed by atoms with Gasteiger partial charge in [0, 0.05) is 38.3 Å². The van der Waals surface area contributed by atoms with Crippen LogP contribution in [0.25, 0.3) is 0 Å². The molecule has 0 aromatic carbocycles. The van der Waals surface area contributed by atoms with E-state index in [0.717, 1.165) is 43.9 Å². The maximum absolute atomic E-state index is 13.0. The third-order valence-corrected chi connectivity index (χ3v) is 8.20. The summed E-state index contributed by atoms with van der Waals surface area (Å²) in [6.45, 7) is 5.63. The number of carbonyl (C=O) groups is 1. The van der Waals surface area contributed by atoms with Crippen LogP contribution < -0.4 is 10.5 Å². The minimum atomic E-state index is -3.41. The normalized spacial score (nSPS) is 38.1. The molecule has 3 N–H and O–H groups in total. The smallest absolute Gasteiger partial charge is 0.237 e. The number of hydrogen-bond acceptors (Lipinski definition) is 5. The van der Waals surface area contributed by atoms with Gasteiger partial charge in [0.25, 0.3) is 0 Å². The van der Waals surface area contributed by atoms with E-state index >= 15 is 0 Å². The molecule has 0 spiro atoms. The van der Waals surface area contributed by atoms with Crippen molar-refractivity contribution in [2.24, 2.45) is 22.9 Å². The Bertz CT molecular complexity index is 637. The Labute approximate surface area is 163 Å². The number of carbonyl (C=O) groups excluding carboxylic acids is 1. The van der Waals surface area contributed by atoms with Crippen LogP contribution in [0.4, 0.5) is 0 Å². The molecule has 1 atom stereocenters. The molecule has 1 heterocycles. The van der Waals surface area contributed by atoms with E-state index in [1.807, 2.05) is 6.92 Å². The zero-order valence-electron chi connectivity index (χ0n) is 16.4. The van der Waals surface area contributed by atoms with Crippen molar-refractivity contribution in [2.45, 2.75) is 57.0 Å². The molecule has 4 saturated carbocycles. The Kier molecular flexibility index (Phi) is 5.29. The van der Waals surface area contributed by atoms with Gasteiger partial charge in [0.2, 0.25) is 15.9 Å². The van der Waals surface area contributed by atoms with Crippen LogP contribution in [0.15, 0.2) is 0 Å². The summed E-state index contributed by atoms with van der Waals surface area (Å²) in [7, 11) is -3.41. The molecule has 27 heavy (non-hydrogen) atoms. The fraction of sp³-hybridized carbons (Fsp3) is 0.947. The predicted octanol–water partition coefficient (Wildman–Crippen LogP) is 0.366. The fourth-order valence-electron chi connectivity index (χ4n) is 6.43. The summed E-state index contributed by atoms with van der Waals surface area (Å²) in [5.41, 5.74) is 0.0669. The molecule has 4 aliphatic carbocycles. The molecule has 0 aromatic heterocycles. The van der Waals surface area contributed by atoms with E-state index in [1.54, 1.807) is 0 Å². The zero-order valence-corrected chi connectivity index (χ0v) is 17.2. The molecule has 5 fully saturated rings. The third-order valence-electron chi connectivity index (χ3n) is 7.45. The summed E-state index contributed by atoms with van der Waals surface area (Å²) in [4.78, 5) is 17.3. The molecule has 4 bridgehead atoms. The Morgan fingerprint density at radius 1 is 1.07 bits per heavy atom. The Balaban J connectivity index is 1.28. The topological polar surface area (TPSA) is 95.7 Å². The summed E-state index contributed by atoms with van der Waals surface area (Å²) < 4.78 is 22.3. The zero-order chi connectivity index (χ0) is 19.2. The molecule has 154 valence electrons. The molecular weight excluding hydrogens is 364 g/mol. The van der Waals surface area contributed by atoms with Crippen molar-refractivity contribution in [3.8, 4) is 0 Å². The van der Waals surface area contributed by atoms with Gasteiger partial charge in [-0.3, -0.25) is 14.6 Å². The largest absolute Gasteiger partial charge is 0.349 e. The van der Waals surface area contributed by atoms with E-state index in [-0.39, 0.29) is 23.2 Å². The lowest BCUT2D eigenvalue weighted by Crippen LogP contribution is -2.63. The number of piperazine rings is 1. The number of primary sulfonamides is 1. The average Bonchev–Trinajstić information content (AvgIpc) is 2.57. The van der Waals surface area contributed by atoms with Crippen molar-refractivity contribution in [3.05, 3.63) is 0 Å². The summed E-state index contributed by atoms with van der Waals surface area (Å²) in [6, 6.07) is -0.126. The van der Waals surface area contributed by atoms with Crippen LogP contribution in [0.2, 0.25) is 0 Å². The molecule has 1 aliphatic heterocycles. The van der Waals surface area contributed by atoms with Crippen LogP contribution in [0.5, 0.6) is 0 Å². The maximum atomic E-state index is 13.0. The molecular formula is C19H34N4O3S. The standard InChI is InChI=1S/C19H34N4O3S/c1-14(23-4-2-22(3-5-23)6-7-27(20,25)26)18(24)21-19-11-15-8-16(12-19)10-17(9-15)13-19/h14-17H,2-13H2,1H3,(H,21,24)(H2,20,25,26). The first-order chi connectivity index (χ1) is 12.7. The van der Waals surface area contributed by atoms with Gasteiger partial charge in [0.1, 0.15) is 0 Å². The average molecular weight is 399 g/mol. The highest BCUT2D eigenvalue weighted by Crippen LogP contribution is 2.55. The van der Waals surface area contributed by atoms with Gasteiger partial charge in [-0.25, -0.2) is 13.6 Å². The van der Waals surface area contributed by atoms with Gasteiger partial charge < -0.3 is 5.32 Å². The van der Waals surface area contributed by atoms with Gasteiger partial charge in [-0.2, -0.15) is 0 Å². The molecule has 5 aliphatic rings. The van der Waals surface area contributed by atoms with Gasteiger partial charge in [0.15, 0.2) is 0 Å². The third kappa shape index (κ3) is 4.49. The molecule has 8 heteroatoms. The Hall–Kier alpha value is -0.700. The summed E-state index contributed by atoms with van der Waals surface area (Å²) >= 11 is 0. The highest BCUT2D eigenvalue weighted by atomic mass is 32.2. The van der Waals surface area contributed by atoms with Crippen molar-refractivity contribution >= 4 is 15.9 Å². The monoisotopic (exact) mass is 398 g/mol. The van der Waals surface area contributed by atoms with Gasteiger partial charge >= 0.3 is 0 Å². The van der Waals surface area contributed by atoms with Crippen molar-refractivity contribution in [1.29, 1.82) is 0 Å². The van der Waals surface area contributed by atoms with E-state index in [9.17, 15) is 13.2 Å². The predicted molar refractivity (Wildman–Crippen MR) is 104 cm³/mol. The number of rotatable bonds is 6. The number of amides is 1. The Morgan fingerprint density at radius 3 is 2.07 bits per heavy atom. The summed E-state index contributed by atoms with van der Waals surface area (Å²) in [6.07, 6.45) is 7.68. The van der Waals surface area contributed by atoms with Crippen LogP contribution >= 0.6 is 0 Å². The van der Waals surface area contributed by atoms with Crippen LogP contribution in [-0.2, 0) is 14.8 Å². The second kappa shape index (κ2) is 7.28. The van der Waals surface area contributed by atoms with Crippen molar-refractivity contribution in [2.75, 3.05) is 38.5 Å². The summed E-state index contributed by atoms with van der Waals surface area (Å²) in [5, 5.41) is 8.58. The second-order valence-corrected chi connectivity index (χ2v) is 11.3. The van der Waals surface area contributed by atoms with Gasteiger partial charge in [0.05, 0.1) is 11.8 Å². The van der Waals surface area contributed by atoms with E-state index in [4.69, 9.17) is 5.14 Å². The van der Waals surface area contributed by atoms with E-state index in [1.165, 1.54) is 38.5 Å². The molecule has 1 saturated heterocycles. The highest BCUT2D eigenvalue weighted by Gasteiger charge is 2.51. The number of nitrogens with one attached hydrogen (secondary N) is 1. The first kappa shape index (κ1) is 19.6. The molecule has 0 aromatic rings. The van der Waals surface area contributed by atoms with Crippen LogP contribution in [-0.4, -0.2) is 74.2 Å². The van der Waals surface area contributed by atoms with Gasteiger partial charge in [-0.05, 0) is 63.2 Å². The van der Waals surface area contributed by atoms with Crippen molar-refractivity contribution in [1.82, 2.24) is 15.1 Å². The minimum absolute atomic E-state index is 0.00490. The van der Waals surface area contributed by atoms with Crippen molar-refractivity contribution < 1.29 is 13.2 Å². The highest BCUT2D eigenvalue weighted by molar-refractivity contribution is 7.89. The lowest BCUT2D eigenvalue weighted by Gasteiger charge is -2.57. The number of nitrogens with zero attached hydrogens (tertiary/aromatic N) is 2. The number of sulfonamides is 1. The van der Waals surface area contributed by atoms with Crippen LogP contribution in [0.1, 0.15) is 45.4 Å². The summed E-state index contributed by atoms with van der Waals surface area (Å²) in [5.74, 6) is 2.65. The molecule has 0 radical (unpaired) electrons. The quantitative estimate of drug-likeness (QED) is 0.674. The van der Waals surface area contributed by atoms with E-state index < -0.39 is 10.0 Å². The fourth-order valence-corrected chi connectivity index (χ4v) is 6.94. The molecule has 1 unspecified atom stereocenters. The van der Waals surface area contributed by atoms with Crippen molar-refractivity contribution in [3.63, 3.8) is 0 Å². The maximum Gasteiger partial charge on any atom is 0.237 e. The molecule has 5 rings (SSSR count). The number of nitrogens with two attached hydrogens (primary N) is 1. The van der Waals surface area contributed by atoms with Gasteiger partial charge in [-0.1, -0.05) is 0 Å². The molecule has 1 amide bonds. The van der Waals surface area contributed by atoms with Crippen LogP contribution in [0, 0.1) is 17.8 Å². The minimum Gasteiger partial charge on any atom is -0.349 e. The lowest BCUT2D eigenvalue weighted by molar-refractivity contribution is -0.132. The van der Waals surface area contributed by atoms with Gasteiger partial charge in [-0.15, -0.1) is 0 Å². The van der Waals surface area contributed by atoms with E-state index in [2.05, 4.69) is 15.1 Å². The first-order valence-electron chi connectivity index (χ1n) is 10.5. The Morgan fingerprint density at radius 2 is 1.59 bits per heavy atom. The SMILES string of the molecule is CC(C(=O)NC12CC3CC(CC(C3)C1)C2)N1CCN(CCS(N)(=O)=O)CC1. The second-order valence-electron chi connectivity index (χ2n) is 9.61. The molecule has 7 nitrogen and oxygen atoms in total. The first-order valence-corrected chi connectivity index (χ1v) is 12.2. The number of hydrogen-bond donors (Lipinski definition) is 2.